The number of rotatable bonds is 4. The second-order valence-corrected chi connectivity index (χ2v) is 5.15. The topological polar surface area (TPSA) is 80.4 Å². The third kappa shape index (κ3) is 8.61. The van der Waals surface area contributed by atoms with E-state index in [4.69, 9.17) is 10.3 Å². The van der Waals surface area contributed by atoms with Crippen molar-refractivity contribution in [3.8, 4) is 0 Å². The van der Waals surface area contributed by atoms with Crippen LogP contribution in [0.2, 0.25) is 0 Å². The zero-order valence-corrected chi connectivity index (χ0v) is 9.42. The molecule has 0 saturated heterocycles. The molecule has 17 heavy (non-hydrogen) atoms. The van der Waals surface area contributed by atoms with E-state index in [-0.39, 0.29) is 64.9 Å². The van der Waals surface area contributed by atoms with Crippen LogP contribution in [0.3, 0.4) is 0 Å². The third-order valence-corrected chi connectivity index (χ3v) is 3.02. The molecule has 0 fully saturated rings. The van der Waals surface area contributed by atoms with E-state index in [0.29, 0.717) is 18.5 Å². The monoisotopic (exact) mass is 277 g/mol. The van der Waals surface area contributed by atoms with Crippen molar-refractivity contribution in [1.29, 1.82) is 0 Å². The van der Waals surface area contributed by atoms with Crippen LogP contribution in [0.4, 0.5) is 5.69 Å². The average molecular weight is 277 g/mol. The first-order valence-corrected chi connectivity index (χ1v) is 6.29. The number of benzene rings is 1. The van der Waals surface area contributed by atoms with Gasteiger partial charge in [0.2, 0.25) is 0 Å². The molecular weight excluding hydrogens is 260 g/mol. The van der Waals surface area contributed by atoms with E-state index in [1.807, 2.05) is 19.1 Å². The Labute approximate surface area is 147 Å². The standard InChI is InChI=1S/C10H15NO3S.2Na.2H/c1-8-7-10(11)5-4-9(8)3-2-6-15(12,13)14;;;;/h4-5,7H,2-3,6,11H2,1H3,(H,12,13,14);;;;. The molecule has 4 nitrogen and oxygen atoms in total. The summed E-state index contributed by atoms with van der Waals surface area (Å²) in [6, 6.07) is 5.52. The molecule has 0 amide bonds. The second-order valence-electron chi connectivity index (χ2n) is 3.58. The molecule has 0 spiro atoms. The van der Waals surface area contributed by atoms with Crippen LogP contribution in [0, 0.1) is 6.92 Å². The second kappa shape index (κ2) is 8.93. The maximum atomic E-state index is 10.5. The molecule has 0 bridgehead atoms. The molecule has 3 N–H and O–H groups in total. The SMILES string of the molecule is Cc1cc(N)ccc1CCCS(=O)(=O)O.[NaH].[NaH]. The van der Waals surface area contributed by atoms with E-state index in [1.165, 1.54) is 0 Å². The summed E-state index contributed by atoms with van der Waals surface area (Å²) in [4.78, 5) is 0. The molecule has 7 heteroatoms. The summed E-state index contributed by atoms with van der Waals surface area (Å²) in [6.07, 6.45) is 1.05. The minimum absolute atomic E-state index is 0. The van der Waals surface area contributed by atoms with Gasteiger partial charge in [-0.3, -0.25) is 4.55 Å². The van der Waals surface area contributed by atoms with Crippen molar-refractivity contribution in [2.45, 2.75) is 19.8 Å². The summed E-state index contributed by atoms with van der Waals surface area (Å²) in [6.45, 7) is 1.93. The minimum atomic E-state index is -3.84. The molecule has 0 heterocycles. The van der Waals surface area contributed by atoms with Crippen molar-refractivity contribution in [3.63, 3.8) is 0 Å². The van der Waals surface area contributed by atoms with Crippen LogP contribution in [0.1, 0.15) is 17.5 Å². The first-order chi connectivity index (χ1) is 6.88. The maximum absolute atomic E-state index is 10.5. The summed E-state index contributed by atoms with van der Waals surface area (Å²) in [5, 5.41) is 0. The normalized spacial score (nSPS) is 10.2. The predicted molar refractivity (Wildman–Crippen MR) is 74.6 cm³/mol. The fourth-order valence-electron chi connectivity index (χ4n) is 1.44. The fourth-order valence-corrected chi connectivity index (χ4v) is 1.95. The van der Waals surface area contributed by atoms with Crippen LogP contribution in [0.5, 0.6) is 0 Å². The van der Waals surface area contributed by atoms with Crippen LogP contribution < -0.4 is 5.73 Å². The number of anilines is 1. The Hall–Kier alpha value is 0.930. The Morgan fingerprint density at radius 1 is 1.29 bits per heavy atom. The zero-order valence-electron chi connectivity index (χ0n) is 8.60. The molecule has 0 radical (unpaired) electrons. The van der Waals surface area contributed by atoms with Crippen LogP contribution >= 0.6 is 0 Å². The van der Waals surface area contributed by atoms with Gasteiger partial charge in [-0.05, 0) is 43.0 Å². The number of nitrogens with two attached hydrogens (primary N) is 1. The Bertz CT molecular complexity index is 449. The molecule has 0 aromatic heterocycles. The van der Waals surface area contributed by atoms with Gasteiger partial charge < -0.3 is 5.73 Å². The third-order valence-electron chi connectivity index (χ3n) is 2.22. The van der Waals surface area contributed by atoms with Gasteiger partial charge in [0, 0.05) is 5.69 Å². The van der Waals surface area contributed by atoms with Gasteiger partial charge in [0.15, 0.2) is 0 Å². The quantitative estimate of drug-likeness (QED) is 0.465. The Balaban J connectivity index is 0. The summed E-state index contributed by atoms with van der Waals surface area (Å²) < 4.78 is 29.6. The summed E-state index contributed by atoms with van der Waals surface area (Å²) >= 11 is 0. The van der Waals surface area contributed by atoms with Crippen LogP contribution in [0.15, 0.2) is 18.2 Å². The van der Waals surface area contributed by atoms with Crippen LogP contribution in [-0.2, 0) is 16.5 Å². The van der Waals surface area contributed by atoms with E-state index < -0.39 is 10.1 Å². The Morgan fingerprint density at radius 2 is 1.88 bits per heavy atom. The molecule has 0 atom stereocenters. The molecule has 0 saturated carbocycles. The van der Waals surface area contributed by atoms with E-state index in [0.717, 1.165) is 11.1 Å². The van der Waals surface area contributed by atoms with Gasteiger partial charge in [-0.25, -0.2) is 0 Å². The van der Waals surface area contributed by atoms with Crippen molar-refractivity contribution in [2.75, 3.05) is 11.5 Å². The van der Waals surface area contributed by atoms with Crippen molar-refractivity contribution in [1.82, 2.24) is 0 Å². The Kier molecular flexibility index (Phi) is 10.6. The molecular formula is C10H17NNa2O3S. The van der Waals surface area contributed by atoms with E-state index in [2.05, 4.69) is 0 Å². The van der Waals surface area contributed by atoms with Crippen molar-refractivity contribution < 1.29 is 13.0 Å². The van der Waals surface area contributed by atoms with E-state index >= 15 is 0 Å². The van der Waals surface area contributed by atoms with Gasteiger partial charge in [-0.15, -0.1) is 0 Å². The molecule has 0 unspecified atom stereocenters. The average Bonchev–Trinajstić information content (AvgIpc) is 2.07. The van der Waals surface area contributed by atoms with E-state index in [9.17, 15) is 8.42 Å². The van der Waals surface area contributed by atoms with Crippen LogP contribution in [0.25, 0.3) is 0 Å². The summed E-state index contributed by atoms with van der Waals surface area (Å²) in [5.41, 5.74) is 8.40. The number of aryl methyl sites for hydroxylation is 2. The molecule has 0 aliphatic heterocycles. The Morgan fingerprint density at radius 3 is 2.35 bits per heavy atom. The molecule has 0 aliphatic carbocycles. The predicted octanol–water partition coefficient (Wildman–Crippen LogP) is 0.101. The summed E-state index contributed by atoms with van der Waals surface area (Å²) in [5.74, 6) is -0.198. The van der Waals surface area contributed by atoms with Gasteiger partial charge in [-0.1, -0.05) is 6.07 Å². The van der Waals surface area contributed by atoms with Crippen molar-refractivity contribution in [2.24, 2.45) is 0 Å². The molecule has 1 aromatic carbocycles. The molecule has 0 aliphatic rings. The molecule has 1 aromatic rings. The van der Waals surface area contributed by atoms with Gasteiger partial charge in [0.25, 0.3) is 10.1 Å². The van der Waals surface area contributed by atoms with E-state index in [1.54, 1.807) is 6.07 Å². The number of nitrogen functional groups attached to an aromatic ring is 1. The first-order valence-electron chi connectivity index (χ1n) is 4.68. The molecule has 1 rings (SSSR count). The fraction of sp³-hybridized carbons (Fsp3) is 0.400. The van der Waals surface area contributed by atoms with Gasteiger partial charge in [0.1, 0.15) is 0 Å². The van der Waals surface area contributed by atoms with Gasteiger partial charge in [0.05, 0.1) is 5.75 Å². The van der Waals surface area contributed by atoms with Crippen molar-refractivity contribution >= 4 is 74.9 Å². The first kappa shape index (κ1) is 20.3. The van der Waals surface area contributed by atoms with Gasteiger partial charge in [-0.2, -0.15) is 8.42 Å². The van der Waals surface area contributed by atoms with Crippen LogP contribution in [-0.4, -0.2) is 77.8 Å². The molecule has 88 valence electrons. The zero-order chi connectivity index (χ0) is 11.5. The number of hydrogen-bond acceptors (Lipinski definition) is 3. The van der Waals surface area contributed by atoms with Gasteiger partial charge >= 0.3 is 59.1 Å². The number of hydrogen-bond donors (Lipinski definition) is 2. The summed E-state index contributed by atoms with van der Waals surface area (Å²) in [7, 11) is -3.84. The van der Waals surface area contributed by atoms with Crippen molar-refractivity contribution in [3.05, 3.63) is 29.3 Å².